The number of aliphatic hydroxyl groups is 2. The lowest BCUT2D eigenvalue weighted by Crippen LogP contribution is -2.44. The molecule has 3 unspecified atom stereocenters. The molecule has 1 saturated carbocycles. The summed E-state index contributed by atoms with van der Waals surface area (Å²) in [6.45, 7) is -0.163. The maximum Gasteiger partial charge on any atom is 0.320 e. The van der Waals surface area contributed by atoms with Crippen LogP contribution in [0.1, 0.15) is 44.8 Å². The molecule has 3 aliphatic rings. The summed E-state index contributed by atoms with van der Waals surface area (Å²) >= 11 is 0. The molecule has 17 heteroatoms. The fraction of sp³-hybridized carbons (Fsp3) is 0.696. The number of nitrogens with one attached hydrogen (secondary N) is 3. The molecular formula is C23H33N7O9P-. The minimum absolute atomic E-state index is 0.100. The number of hydrogen-bond donors (Lipinski definition) is 6. The van der Waals surface area contributed by atoms with E-state index < -0.39 is 62.7 Å². The van der Waals surface area contributed by atoms with Gasteiger partial charge in [-0.15, -0.1) is 0 Å². The van der Waals surface area contributed by atoms with Gasteiger partial charge in [0.15, 0.2) is 23.2 Å². The van der Waals surface area contributed by atoms with Crippen molar-refractivity contribution in [2.45, 2.75) is 75.1 Å². The smallest absolute Gasteiger partial charge is 0.320 e. The average Bonchev–Trinajstić information content (AvgIpc) is 3.64. The van der Waals surface area contributed by atoms with Crippen LogP contribution in [0.15, 0.2) is 12.7 Å². The highest BCUT2D eigenvalue weighted by atomic mass is 31.2. The van der Waals surface area contributed by atoms with Gasteiger partial charge in [-0.2, -0.15) is 0 Å². The SMILES string of the molecule is O=C(Nc1ncnc2c1ncn2[C@@H]1O[C@H](COP(=O)([O-])CC2CCNC(C(=O)O)C2)[C@H](O)[C@@H]1O)NC1CCCC1. The van der Waals surface area contributed by atoms with E-state index in [0.29, 0.717) is 13.0 Å². The number of hydrogen-bond acceptors (Lipinski definition) is 12. The Hall–Kier alpha value is -2.72. The van der Waals surface area contributed by atoms with Gasteiger partial charge in [-0.25, -0.2) is 19.7 Å². The third kappa shape index (κ3) is 6.43. The molecule has 16 nitrogen and oxygen atoms in total. The summed E-state index contributed by atoms with van der Waals surface area (Å²) in [6, 6.07) is -1.14. The number of carbonyl (C=O) groups excluding carboxylic acids is 1. The third-order valence-corrected chi connectivity index (χ3v) is 9.13. The first-order chi connectivity index (χ1) is 19.1. The van der Waals surface area contributed by atoms with Crippen molar-refractivity contribution >= 4 is 36.6 Å². The van der Waals surface area contributed by atoms with E-state index in [0.717, 1.165) is 25.7 Å². The molecule has 0 aromatic carbocycles. The molecule has 1 aliphatic carbocycles. The van der Waals surface area contributed by atoms with Gasteiger partial charge in [0.2, 0.25) is 0 Å². The zero-order valence-electron chi connectivity index (χ0n) is 21.6. The van der Waals surface area contributed by atoms with Crippen molar-refractivity contribution < 1.29 is 43.6 Å². The van der Waals surface area contributed by atoms with Crippen LogP contribution in [-0.4, -0.2) is 96.5 Å². The van der Waals surface area contributed by atoms with Gasteiger partial charge < -0.3 is 44.7 Å². The molecule has 4 heterocycles. The molecule has 7 atom stereocenters. The lowest BCUT2D eigenvalue weighted by molar-refractivity contribution is -0.202. The van der Waals surface area contributed by atoms with Crippen molar-refractivity contribution in [3.63, 3.8) is 0 Å². The Bertz CT molecular complexity index is 1270. The normalized spacial score (nSPS) is 30.8. The first-order valence-electron chi connectivity index (χ1n) is 13.3. The lowest BCUT2D eigenvalue weighted by atomic mass is 9.94. The van der Waals surface area contributed by atoms with Crippen LogP contribution in [-0.2, 0) is 18.6 Å². The van der Waals surface area contributed by atoms with Crippen LogP contribution < -0.4 is 20.8 Å². The first kappa shape index (κ1) is 28.8. The molecule has 0 spiro atoms. The van der Waals surface area contributed by atoms with E-state index >= 15 is 0 Å². The van der Waals surface area contributed by atoms with Crippen molar-refractivity contribution in [2.75, 3.05) is 24.6 Å². The third-order valence-electron chi connectivity index (χ3n) is 7.62. The van der Waals surface area contributed by atoms with Crippen molar-refractivity contribution in [3.8, 4) is 0 Å². The van der Waals surface area contributed by atoms with E-state index in [1.165, 1.54) is 17.2 Å². The van der Waals surface area contributed by atoms with Gasteiger partial charge >= 0.3 is 12.0 Å². The van der Waals surface area contributed by atoms with E-state index in [9.17, 15) is 34.4 Å². The average molecular weight is 583 g/mol. The number of carboxylic acids is 1. The zero-order chi connectivity index (χ0) is 28.4. The summed E-state index contributed by atoms with van der Waals surface area (Å²) in [5.41, 5.74) is 0.456. The minimum atomic E-state index is -4.40. The van der Waals surface area contributed by atoms with Gasteiger partial charge in [0.1, 0.15) is 38.3 Å². The fourth-order valence-corrected chi connectivity index (χ4v) is 6.98. The number of ether oxygens (including phenoxy) is 1. The topological polar surface area (TPSA) is 233 Å². The second-order valence-electron chi connectivity index (χ2n) is 10.5. The molecule has 220 valence electrons. The molecule has 3 fully saturated rings. The van der Waals surface area contributed by atoms with Gasteiger partial charge in [0.05, 0.1) is 12.9 Å². The predicted octanol–water partition coefficient (Wildman–Crippen LogP) is -0.468. The summed E-state index contributed by atoms with van der Waals surface area (Å²) in [5, 5.41) is 38.8. The number of nitrogens with zero attached hydrogens (tertiary/aromatic N) is 4. The number of aliphatic hydroxyl groups excluding tert-OH is 2. The Balaban J connectivity index is 1.21. The van der Waals surface area contributed by atoms with Crippen LogP contribution in [0.4, 0.5) is 10.6 Å². The van der Waals surface area contributed by atoms with Crippen molar-refractivity contribution in [1.82, 2.24) is 30.2 Å². The molecular weight excluding hydrogens is 549 g/mol. The van der Waals surface area contributed by atoms with Crippen LogP contribution >= 0.6 is 7.60 Å². The van der Waals surface area contributed by atoms with E-state index in [1.54, 1.807) is 0 Å². The van der Waals surface area contributed by atoms with E-state index in [-0.39, 0.29) is 35.6 Å². The maximum absolute atomic E-state index is 12.6. The van der Waals surface area contributed by atoms with Crippen LogP contribution in [0.2, 0.25) is 0 Å². The van der Waals surface area contributed by atoms with Crippen molar-refractivity contribution in [1.29, 1.82) is 0 Å². The first-order valence-corrected chi connectivity index (χ1v) is 15.0. The Labute approximate surface area is 229 Å². The quantitative estimate of drug-likeness (QED) is 0.206. The number of anilines is 1. The second kappa shape index (κ2) is 12.0. The number of rotatable bonds is 9. The van der Waals surface area contributed by atoms with Crippen LogP contribution in [0.25, 0.3) is 11.2 Å². The highest BCUT2D eigenvalue weighted by Crippen LogP contribution is 2.43. The molecule has 2 aromatic heterocycles. The minimum Gasteiger partial charge on any atom is -0.778 e. The lowest BCUT2D eigenvalue weighted by Gasteiger charge is -2.33. The number of carboxylic acid groups (broad SMARTS) is 1. The maximum atomic E-state index is 12.6. The van der Waals surface area contributed by atoms with Crippen LogP contribution in [0.5, 0.6) is 0 Å². The van der Waals surface area contributed by atoms with Gasteiger partial charge in [0, 0.05) is 12.2 Å². The standard InChI is InChI=1S/C23H34N7O9P/c31-17-15(8-38-40(36,37)9-12-5-6-24-14(7-12)22(33)34)39-21(18(17)32)30-11-27-16-19(25-10-26-20(16)30)29-23(35)28-13-3-1-2-4-13/h10-15,17-18,21,24,31-32H,1-9H2,(H,33,34)(H,36,37)(H2,25,26,28,29,35)/p-1/t12?,14?,15-,17+,18+,21-/m1/s1. The zero-order valence-corrected chi connectivity index (χ0v) is 22.5. The predicted molar refractivity (Wildman–Crippen MR) is 136 cm³/mol. The Morgan fingerprint density at radius 3 is 2.73 bits per heavy atom. The molecule has 2 aliphatic heterocycles. The summed E-state index contributed by atoms with van der Waals surface area (Å²) in [5.74, 6) is -1.28. The molecule has 5 rings (SSSR count). The van der Waals surface area contributed by atoms with E-state index in [2.05, 4.69) is 30.9 Å². The number of imidazole rings is 1. The number of aliphatic carboxylic acids is 1. The van der Waals surface area contributed by atoms with Gasteiger partial charge in [0.25, 0.3) is 0 Å². The highest BCUT2D eigenvalue weighted by molar-refractivity contribution is 7.51. The second-order valence-corrected chi connectivity index (χ2v) is 12.3. The van der Waals surface area contributed by atoms with E-state index in [1.807, 2.05) is 0 Å². The largest absolute Gasteiger partial charge is 0.778 e. The Morgan fingerprint density at radius 2 is 1.98 bits per heavy atom. The Morgan fingerprint density at radius 1 is 1.20 bits per heavy atom. The molecule has 0 bridgehead atoms. The molecule has 2 amide bonds. The molecule has 6 N–H and O–H groups in total. The summed E-state index contributed by atoms with van der Waals surface area (Å²) < 4.78 is 24.9. The number of urea groups is 1. The van der Waals surface area contributed by atoms with Gasteiger partial charge in [-0.1, -0.05) is 12.8 Å². The summed E-state index contributed by atoms with van der Waals surface area (Å²) in [7, 11) is -4.40. The molecule has 0 radical (unpaired) electrons. The number of amides is 2. The molecule has 40 heavy (non-hydrogen) atoms. The monoisotopic (exact) mass is 582 g/mol. The number of piperidine rings is 1. The number of fused-ring (bicyclic) bond motifs is 1. The fourth-order valence-electron chi connectivity index (χ4n) is 5.53. The van der Waals surface area contributed by atoms with Crippen LogP contribution in [0, 0.1) is 5.92 Å². The highest BCUT2D eigenvalue weighted by Gasteiger charge is 2.45. The van der Waals surface area contributed by atoms with E-state index in [4.69, 9.17) is 9.26 Å². The summed E-state index contributed by atoms with van der Waals surface area (Å²) in [6.07, 6.45) is 1.48. The van der Waals surface area contributed by atoms with Gasteiger partial charge in [-0.05, 0) is 38.1 Å². The van der Waals surface area contributed by atoms with Crippen molar-refractivity contribution in [3.05, 3.63) is 12.7 Å². The van der Waals surface area contributed by atoms with Crippen LogP contribution in [0.3, 0.4) is 0 Å². The van der Waals surface area contributed by atoms with Gasteiger partial charge in [-0.3, -0.25) is 14.7 Å². The summed E-state index contributed by atoms with van der Waals surface area (Å²) in [4.78, 5) is 48.8. The number of aromatic nitrogens is 4. The van der Waals surface area contributed by atoms with Crippen molar-refractivity contribution in [2.24, 2.45) is 5.92 Å². The molecule has 2 saturated heterocycles. The number of carbonyl (C=O) groups is 2. The molecule has 2 aromatic rings. The Kier molecular flexibility index (Phi) is 8.66.